The zero-order chi connectivity index (χ0) is 10.1. The average Bonchev–Trinajstić information content (AvgIpc) is 2.05. The summed E-state index contributed by atoms with van der Waals surface area (Å²) in [6.45, 7) is 4.99. The van der Waals surface area contributed by atoms with E-state index in [9.17, 15) is 4.79 Å². The molecule has 0 aromatic heterocycles. The molecule has 0 amide bonds. The molecule has 0 aliphatic rings. The van der Waals surface area contributed by atoms with Gasteiger partial charge in [0.2, 0.25) is 0 Å². The Kier molecular flexibility index (Phi) is 7.33. The fourth-order valence-corrected chi connectivity index (χ4v) is 1.25. The van der Waals surface area contributed by atoms with Crippen LogP contribution in [0.5, 0.6) is 0 Å². The van der Waals surface area contributed by atoms with Gasteiger partial charge in [0.25, 0.3) is 0 Å². The van der Waals surface area contributed by atoms with Crippen LogP contribution in [0.15, 0.2) is 0 Å². The molecule has 2 heteroatoms. The van der Waals surface area contributed by atoms with Gasteiger partial charge in [0.1, 0.15) is 5.78 Å². The number of Topliss-reactive ketones (excluding diaryl/α,β-unsaturated/α-hetero) is 1. The summed E-state index contributed by atoms with van der Waals surface area (Å²) in [5, 5.41) is 3.21. The average molecular weight is 181 g/mol. The SMILES string of the molecule is C#CCCCC(=O)CC(C)NCC. The monoisotopic (exact) mass is 181 g/mol. The van der Waals surface area contributed by atoms with Crippen LogP contribution >= 0.6 is 0 Å². The highest BCUT2D eigenvalue weighted by molar-refractivity contribution is 5.78. The smallest absolute Gasteiger partial charge is 0.134 e. The van der Waals surface area contributed by atoms with Gasteiger partial charge >= 0.3 is 0 Å². The zero-order valence-corrected chi connectivity index (χ0v) is 8.60. The maximum atomic E-state index is 11.3. The van der Waals surface area contributed by atoms with Gasteiger partial charge in [-0.1, -0.05) is 6.92 Å². The number of carbonyl (C=O) groups is 1. The third-order valence-corrected chi connectivity index (χ3v) is 1.86. The molecule has 0 aromatic carbocycles. The molecular formula is C11H19NO. The van der Waals surface area contributed by atoms with E-state index < -0.39 is 0 Å². The van der Waals surface area contributed by atoms with Crippen LogP contribution in [0.25, 0.3) is 0 Å². The van der Waals surface area contributed by atoms with Gasteiger partial charge in [0, 0.05) is 25.3 Å². The largest absolute Gasteiger partial charge is 0.314 e. The van der Waals surface area contributed by atoms with Crippen molar-refractivity contribution in [2.24, 2.45) is 0 Å². The first-order valence-electron chi connectivity index (χ1n) is 4.89. The van der Waals surface area contributed by atoms with Crippen molar-refractivity contribution in [1.29, 1.82) is 0 Å². The van der Waals surface area contributed by atoms with E-state index in [4.69, 9.17) is 6.42 Å². The van der Waals surface area contributed by atoms with Gasteiger partial charge in [-0.05, 0) is 19.9 Å². The van der Waals surface area contributed by atoms with Crippen molar-refractivity contribution in [1.82, 2.24) is 5.32 Å². The van der Waals surface area contributed by atoms with Gasteiger partial charge in [0.15, 0.2) is 0 Å². The Hall–Kier alpha value is -0.810. The summed E-state index contributed by atoms with van der Waals surface area (Å²) < 4.78 is 0. The lowest BCUT2D eigenvalue weighted by Crippen LogP contribution is -2.28. The molecule has 0 aromatic rings. The van der Waals surface area contributed by atoms with E-state index in [1.54, 1.807) is 0 Å². The summed E-state index contributed by atoms with van der Waals surface area (Å²) in [5.74, 6) is 2.84. The molecule has 2 nitrogen and oxygen atoms in total. The van der Waals surface area contributed by atoms with Crippen LogP contribution in [-0.4, -0.2) is 18.4 Å². The summed E-state index contributed by atoms with van der Waals surface area (Å²) in [5.41, 5.74) is 0. The van der Waals surface area contributed by atoms with Crippen molar-refractivity contribution in [2.45, 2.75) is 45.6 Å². The fraction of sp³-hybridized carbons (Fsp3) is 0.727. The number of carbonyl (C=O) groups excluding carboxylic acids is 1. The molecule has 1 N–H and O–H groups in total. The second-order valence-corrected chi connectivity index (χ2v) is 3.26. The van der Waals surface area contributed by atoms with Crippen molar-refractivity contribution < 1.29 is 4.79 Å². The highest BCUT2D eigenvalue weighted by Gasteiger charge is 2.06. The first kappa shape index (κ1) is 12.2. The lowest BCUT2D eigenvalue weighted by atomic mass is 10.1. The molecule has 0 spiro atoms. The molecule has 0 aliphatic heterocycles. The molecule has 1 atom stereocenters. The summed E-state index contributed by atoms with van der Waals surface area (Å²) in [4.78, 5) is 11.3. The molecule has 0 heterocycles. The Morgan fingerprint density at radius 1 is 1.62 bits per heavy atom. The van der Waals surface area contributed by atoms with E-state index in [0.29, 0.717) is 31.1 Å². The van der Waals surface area contributed by atoms with Crippen molar-refractivity contribution in [3.63, 3.8) is 0 Å². The van der Waals surface area contributed by atoms with Crippen LogP contribution in [-0.2, 0) is 4.79 Å². The molecule has 0 saturated carbocycles. The quantitative estimate of drug-likeness (QED) is 0.479. The van der Waals surface area contributed by atoms with Crippen molar-refractivity contribution in [3.8, 4) is 12.3 Å². The standard InChI is InChI=1S/C11H19NO/c1-4-6-7-8-11(13)9-10(3)12-5-2/h1,10,12H,5-9H2,2-3H3. The zero-order valence-electron chi connectivity index (χ0n) is 8.60. The van der Waals surface area contributed by atoms with Crippen LogP contribution in [0.4, 0.5) is 0 Å². The Morgan fingerprint density at radius 2 is 2.31 bits per heavy atom. The molecule has 1 unspecified atom stereocenters. The number of rotatable bonds is 7. The molecule has 74 valence electrons. The van der Waals surface area contributed by atoms with Gasteiger partial charge in [-0.2, -0.15) is 0 Å². The number of terminal acetylenes is 1. The third-order valence-electron chi connectivity index (χ3n) is 1.86. The topological polar surface area (TPSA) is 29.1 Å². The molecule has 0 saturated heterocycles. The Bertz CT molecular complexity index is 181. The van der Waals surface area contributed by atoms with Crippen LogP contribution in [0.3, 0.4) is 0 Å². The summed E-state index contributed by atoms with van der Waals surface area (Å²) in [6.07, 6.45) is 7.88. The van der Waals surface area contributed by atoms with E-state index >= 15 is 0 Å². The highest BCUT2D eigenvalue weighted by Crippen LogP contribution is 2.01. The molecule has 0 aliphatic carbocycles. The molecule has 0 radical (unpaired) electrons. The second kappa shape index (κ2) is 7.82. The maximum Gasteiger partial charge on any atom is 0.134 e. The second-order valence-electron chi connectivity index (χ2n) is 3.26. The molecular weight excluding hydrogens is 162 g/mol. The summed E-state index contributed by atoms with van der Waals surface area (Å²) >= 11 is 0. The van der Waals surface area contributed by atoms with E-state index in [0.717, 1.165) is 13.0 Å². The number of unbranched alkanes of at least 4 members (excludes halogenated alkanes) is 1. The van der Waals surface area contributed by atoms with E-state index in [1.165, 1.54) is 0 Å². The molecule has 13 heavy (non-hydrogen) atoms. The Labute approximate surface area is 81.1 Å². The van der Waals surface area contributed by atoms with Gasteiger partial charge < -0.3 is 5.32 Å². The van der Waals surface area contributed by atoms with Gasteiger partial charge in [-0.25, -0.2) is 0 Å². The summed E-state index contributed by atoms with van der Waals surface area (Å²) in [7, 11) is 0. The number of hydrogen-bond donors (Lipinski definition) is 1. The number of ketones is 1. The highest BCUT2D eigenvalue weighted by atomic mass is 16.1. The lowest BCUT2D eigenvalue weighted by Gasteiger charge is -2.10. The first-order chi connectivity index (χ1) is 6.20. The van der Waals surface area contributed by atoms with E-state index in [-0.39, 0.29) is 0 Å². The maximum absolute atomic E-state index is 11.3. The fourth-order valence-electron chi connectivity index (χ4n) is 1.25. The van der Waals surface area contributed by atoms with Crippen molar-refractivity contribution in [2.75, 3.05) is 6.54 Å². The van der Waals surface area contributed by atoms with E-state index in [1.807, 2.05) is 13.8 Å². The number of nitrogens with one attached hydrogen (secondary N) is 1. The predicted octanol–water partition coefficient (Wildman–Crippen LogP) is 1.75. The van der Waals surface area contributed by atoms with Gasteiger partial charge in [0.05, 0.1) is 0 Å². The Balaban J connectivity index is 3.45. The predicted molar refractivity (Wildman–Crippen MR) is 55.4 cm³/mol. The van der Waals surface area contributed by atoms with Crippen molar-refractivity contribution in [3.05, 3.63) is 0 Å². The minimum atomic E-state index is 0.295. The molecule has 0 fully saturated rings. The molecule has 0 rings (SSSR count). The van der Waals surface area contributed by atoms with Gasteiger partial charge in [-0.3, -0.25) is 4.79 Å². The van der Waals surface area contributed by atoms with Crippen LogP contribution in [0, 0.1) is 12.3 Å². The van der Waals surface area contributed by atoms with Gasteiger partial charge in [-0.15, -0.1) is 12.3 Å². The minimum absolute atomic E-state index is 0.295. The van der Waals surface area contributed by atoms with Crippen LogP contribution in [0.2, 0.25) is 0 Å². The minimum Gasteiger partial charge on any atom is -0.314 e. The van der Waals surface area contributed by atoms with E-state index in [2.05, 4.69) is 11.2 Å². The van der Waals surface area contributed by atoms with Crippen molar-refractivity contribution >= 4 is 5.78 Å². The molecule has 0 bridgehead atoms. The Morgan fingerprint density at radius 3 is 2.85 bits per heavy atom. The van der Waals surface area contributed by atoms with Crippen LogP contribution < -0.4 is 5.32 Å². The van der Waals surface area contributed by atoms with Crippen LogP contribution in [0.1, 0.15) is 39.5 Å². The lowest BCUT2D eigenvalue weighted by molar-refractivity contribution is -0.119. The number of hydrogen-bond acceptors (Lipinski definition) is 2. The summed E-state index contributed by atoms with van der Waals surface area (Å²) in [6, 6.07) is 0.295. The first-order valence-corrected chi connectivity index (χ1v) is 4.89. The third kappa shape index (κ3) is 7.55. The normalized spacial score (nSPS) is 12.1.